The minimum Gasteiger partial charge on any atom is -0.493 e. The zero-order valence-corrected chi connectivity index (χ0v) is 20.6. The normalized spacial score (nSPS) is 26.3. The topological polar surface area (TPSA) is 135 Å². The number of fused-ring (bicyclic) bond motifs is 3. The smallest absolute Gasteiger partial charge is 0.247 e. The predicted octanol–water partition coefficient (Wildman–Crippen LogP) is 0.938. The maximum absolute atomic E-state index is 13.3. The zero-order chi connectivity index (χ0) is 25.8. The van der Waals surface area contributed by atoms with Gasteiger partial charge in [0.1, 0.15) is 18.5 Å². The predicted molar refractivity (Wildman–Crippen MR) is 129 cm³/mol. The van der Waals surface area contributed by atoms with Crippen molar-refractivity contribution in [2.75, 3.05) is 33.4 Å². The number of hydrogen-bond donors (Lipinski definition) is 3. The molecule has 0 spiro atoms. The van der Waals surface area contributed by atoms with Gasteiger partial charge in [0.25, 0.3) is 0 Å². The summed E-state index contributed by atoms with van der Waals surface area (Å²) in [5.74, 6) is -0.601. The van der Waals surface area contributed by atoms with Crippen molar-refractivity contribution in [1.82, 2.24) is 10.2 Å². The summed E-state index contributed by atoms with van der Waals surface area (Å²) in [6, 6.07) is 2.34. The lowest BCUT2D eigenvalue weighted by Crippen LogP contribution is -2.57. The van der Waals surface area contributed by atoms with Gasteiger partial charge in [0.05, 0.1) is 31.8 Å². The van der Waals surface area contributed by atoms with Gasteiger partial charge in [-0.3, -0.25) is 14.4 Å². The number of aliphatic hydroxyl groups excluding tert-OH is 2. The quantitative estimate of drug-likeness (QED) is 0.403. The van der Waals surface area contributed by atoms with Crippen LogP contribution in [-0.2, 0) is 14.3 Å². The maximum atomic E-state index is 13.3. The van der Waals surface area contributed by atoms with E-state index in [-0.39, 0.29) is 25.2 Å². The molecule has 10 nitrogen and oxygen atoms in total. The van der Waals surface area contributed by atoms with Crippen LogP contribution in [0.3, 0.4) is 0 Å². The van der Waals surface area contributed by atoms with Crippen LogP contribution in [0.25, 0.3) is 0 Å². The Bertz CT molecular complexity index is 1020. The Morgan fingerprint density at radius 3 is 2.78 bits per heavy atom. The van der Waals surface area contributed by atoms with Gasteiger partial charge < -0.3 is 34.6 Å². The molecule has 0 bridgehead atoms. The van der Waals surface area contributed by atoms with Crippen LogP contribution in [0.15, 0.2) is 23.8 Å². The van der Waals surface area contributed by atoms with Crippen LogP contribution in [-0.4, -0.2) is 91.0 Å². The molecule has 5 atom stereocenters. The molecule has 196 valence electrons. The number of nitrogens with one attached hydrogen (secondary N) is 1. The van der Waals surface area contributed by atoms with Crippen molar-refractivity contribution in [3.63, 3.8) is 0 Å². The fourth-order valence-corrected chi connectivity index (χ4v) is 5.31. The molecule has 1 saturated heterocycles. The highest BCUT2D eigenvalue weighted by Gasteiger charge is 2.51. The van der Waals surface area contributed by atoms with Gasteiger partial charge in [-0.1, -0.05) is 6.92 Å². The Balaban J connectivity index is 1.78. The lowest BCUT2D eigenvalue weighted by atomic mass is 9.77. The molecule has 1 aliphatic carbocycles. The van der Waals surface area contributed by atoms with Gasteiger partial charge in [0, 0.05) is 42.8 Å². The molecule has 1 aromatic carbocycles. The van der Waals surface area contributed by atoms with E-state index in [0.29, 0.717) is 60.5 Å². The molecule has 10 heteroatoms. The van der Waals surface area contributed by atoms with Crippen molar-refractivity contribution in [3.8, 4) is 11.5 Å². The Morgan fingerprint density at radius 1 is 1.33 bits per heavy atom. The maximum Gasteiger partial charge on any atom is 0.247 e. The molecule has 0 saturated carbocycles. The highest BCUT2D eigenvalue weighted by atomic mass is 16.5. The summed E-state index contributed by atoms with van der Waals surface area (Å²) in [6.45, 7) is 2.63. The van der Waals surface area contributed by atoms with Gasteiger partial charge in [-0.05, 0) is 37.5 Å². The van der Waals surface area contributed by atoms with Crippen molar-refractivity contribution in [3.05, 3.63) is 34.9 Å². The van der Waals surface area contributed by atoms with Crippen LogP contribution in [0.2, 0.25) is 0 Å². The van der Waals surface area contributed by atoms with Gasteiger partial charge in [-0.2, -0.15) is 0 Å². The molecule has 2 aliphatic heterocycles. The lowest BCUT2D eigenvalue weighted by molar-refractivity contribution is -0.139. The third-order valence-corrected chi connectivity index (χ3v) is 6.98. The number of ether oxygens (including phenoxy) is 3. The summed E-state index contributed by atoms with van der Waals surface area (Å²) >= 11 is 0. The highest BCUT2D eigenvalue weighted by molar-refractivity contribution is 5.96. The van der Waals surface area contributed by atoms with E-state index in [1.807, 2.05) is 6.92 Å². The Kier molecular flexibility index (Phi) is 8.28. The van der Waals surface area contributed by atoms with Gasteiger partial charge in [0.15, 0.2) is 11.5 Å². The van der Waals surface area contributed by atoms with Crippen molar-refractivity contribution in [1.29, 1.82) is 0 Å². The van der Waals surface area contributed by atoms with E-state index in [9.17, 15) is 24.6 Å². The van der Waals surface area contributed by atoms with E-state index in [0.717, 1.165) is 12.8 Å². The van der Waals surface area contributed by atoms with Gasteiger partial charge in [0.2, 0.25) is 11.8 Å². The number of rotatable bonds is 10. The number of aliphatic hydroxyl groups is 2. The third-order valence-electron chi connectivity index (χ3n) is 6.98. The van der Waals surface area contributed by atoms with Crippen LogP contribution >= 0.6 is 0 Å². The summed E-state index contributed by atoms with van der Waals surface area (Å²) in [4.78, 5) is 39.7. The molecule has 1 aromatic rings. The first-order valence-electron chi connectivity index (χ1n) is 12.5. The van der Waals surface area contributed by atoms with Gasteiger partial charge >= 0.3 is 0 Å². The summed E-state index contributed by atoms with van der Waals surface area (Å²) in [5, 5.41) is 23.5. The standard InChI is InChI=1S/C26H34N2O8/c1-3-5-21(31)28(13-16-6-4-9-35-16)19-12-18(26(33)27-7-8-29)22-17-10-15(14-30)11-20(34-2)24(17)36-25(22)23(19)32/h10-12,14,16,19,22-23,25,29,32H,3-9,13H2,1-2H3,(H,27,33). The van der Waals surface area contributed by atoms with Crippen molar-refractivity contribution in [2.45, 2.75) is 62.9 Å². The van der Waals surface area contributed by atoms with E-state index in [1.165, 1.54) is 13.2 Å². The van der Waals surface area contributed by atoms with Crippen molar-refractivity contribution < 1.29 is 38.8 Å². The molecule has 0 radical (unpaired) electrons. The number of carbonyl (C=O) groups excluding carboxylic acids is 3. The first-order chi connectivity index (χ1) is 17.4. The van der Waals surface area contributed by atoms with E-state index < -0.39 is 30.1 Å². The number of hydrogen-bond acceptors (Lipinski definition) is 8. The number of nitrogens with zero attached hydrogens (tertiary/aromatic N) is 1. The SMILES string of the molecule is CCCC(=O)N(CC1CCCO1)C1C=C(C(=O)NCCO)C2c3cc(C=O)cc(OC)c3OC2C1O. The molecule has 1 fully saturated rings. The highest BCUT2D eigenvalue weighted by Crippen LogP contribution is 2.51. The van der Waals surface area contributed by atoms with Crippen molar-refractivity contribution >= 4 is 18.1 Å². The van der Waals surface area contributed by atoms with E-state index in [1.54, 1.807) is 17.0 Å². The van der Waals surface area contributed by atoms with Crippen LogP contribution in [0, 0.1) is 0 Å². The zero-order valence-electron chi connectivity index (χ0n) is 20.6. The molecule has 4 rings (SSSR count). The first kappa shape index (κ1) is 26.1. The second kappa shape index (κ2) is 11.4. The Hall–Kier alpha value is -2.95. The van der Waals surface area contributed by atoms with E-state index >= 15 is 0 Å². The average molecular weight is 503 g/mol. The molecule has 3 N–H and O–H groups in total. The number of methoxy groups -OCH3 is 1. The van der Waals surface area contributed by atoms with Crippen LogP contribution in [0.1, 0.15) is 54.4 Å². The largest absolute Gasteiger partial charge is 0.493 e. The first-order valence-corrected chi connectivity index (χ1v) is 12.5. The van der Waals surface area contributed by atoms with E-state index in [4.69, 9.17) is 14.2 Å². The number of carbonyl (C=O) groups is 3. The lowest BCUT2D eigenvalue weighted by Gasteiger charge is -2.41. The third kappa shape index (κ3) is 4.98. The second-order valence-electron chi connectivity index (χ2n) is 9.33. The van der Waals surface area contributed by atoms with Gasteiger partial charge in [-0.15, -0.1) is 0 Å². The molecule has 2 amide bonds. The number of aldehydes is 1. The van der Waals surface area contributed by atoms with Gasteiger partial charge in [-0.25, -0.2) is 0 Å². The fraction of sp³-hybridized carbons (Fsp3) is 0.577. The summed E-state index contributed by atoms with van der Waals surface area (Å²) < 4.78 is 17.4. The second-order valence-corrected chi connectivity index (χ2v) is 9.33. The monoisotopic (exact) mass is 502 g/mol. The molecule has 0 aromatic heterocycles. The molecular weight excluding hydrogens is 468 g/mol. The molecule has 3 aliphatic rings. The fourth-order valence-electron chi connectivity index (χ4n) is 5.31. The number of benzene rings is 1. The Morgan fingerprint density at radius 2 is 2.14 bits per heavy atom. The molecule has 5 unspecified atom stereocenters. The molecule has 2 heterocycles. The minimum absolute atomic E-state index is 0.0422. The van der Waals surface area contributed by atoms with Crippen LogP contribution in [0.5, 0.6) is 11.5 Å². The molecular formula is C26H34N2O8. The van der Waals surface area contributed by atoms with E-state index in [2.05, 4.69) is 5.32 Å². The number of amides is 2. The summed E-state index contributed by atoms with van der Waals surface area (Å²) in [6.07, 6.45) is 2.77. The van der Waals surface area contributed by atoms with Crippen LogP contribution in [0.4, 0.5) is 0 Å². The summed E-state index contributed by atoms with van der Waals surface area (Å²) in [7, 11) is 1.45. The summed E-state index contributed by atoms with van der Waals surface area (Å²) in [5.41, 5.74) is 1.20. The van der Waals surface area contributed by atoms with Crippen molar-refractivity contribution in [2.24, 2.45) is 0 Å². The minimum atomic E-state index is -1.15. The molecule has 36 heavy (non-hydrogen) atoms. The Labute approximate surface area is 210 Å². The average Bonchev–Trinajstić information content (AvgIpc) is 3.54. The van der Waals surface area contributed by atoms with Crippen LogP contribution < -0.4 is 14.8 Å².